The largest absolute Gasteiger partial charge is 0.388 e. The number of rotatable bonds is 3. The summed E-state index contributed by atoms with van der Waals surface area (Å²) in [6.45, 7) is 0. The quantitative estimate of drug-likeness (QED) is 0.850. The van der Waals surface area contributed by atoms with Crippen molar-refractivity contribution in [3.8, 4) is 0 Å². The van der Waals surface area contributed by atoms with Crippen LogP contribution in [0.3, 0.4) is 0 Å². The molecule has 0 spiro atoms. The van der Waals surface area contributed by atoms with Gasteiger partial charge in [0.25, 0.3) is 10.0 Å². The summed E-state index contributed by atoms with van der Waals surface area (Å²) in [5, 5.41) is 10.2. The zero-order chi connectivity index (χ0) is 16.6. The normalized spacial score (nSPS) is 17.6. The van der Waals surface area contributed by atoms with E-state index in [0.717, 1.165) is 24.0 Å². The number of nitrogens with one attached hydrogen (secondary N) is 1. The monoisotopic (exact) mass is 371 g/mol. The van der Waals surface area contributed by atoms with Gasteiger partial charge in [-0.1, -0.05) is 35.3 Å². The Morgan fingerprint density at radius 3 is 2.74 bits per heavy atom. The molecule has 2 N–H and O–H groups in total. The van der Waals surface area contributed by atoms with E-state index in [9.17, 15) is 13.5 Å². The van der Waals surface area contributed by atoms with Crippen LogP contribution in [0.15, 0.2) is 41.3 Å². The number of aliphatic hydroxyl groups excluding tert-OH is 1. The Bertz CT molecular complexity index is 852. The third-order valence-corrected chi connectivity index (χ3v) is 6.24. The number of aryl methyl sites for hydroxylation is 1. The summed E-state index contributed by atoms with van der Waals surface area (Å²) < 4.78 is 27.5. The van der Waals surface area contributed by atoms with Gasteiger partial charge in [0.2, 0.25) is 0 Å². The number of halogens is 2. The second-order valence-corrected chi connectivity index (χ2v) is 7.92. The lowest BCUT2D eigenvalue weighted by molar-refractivity contribution is 0.156. The van der Waals surface area contributed by atoms with Crippen molar-refractivity contribution in [3.05, 3.63) is 57.6 Å². The van der Waals surface area contributed by atoms with E-state index in [-0.39, 0.29) is 14.9 Å². The average molecular weight is 372 g/mol. The highest BCUT2D eigenvalue weighted by Gasteiger charge is 2.22. The SMILES string of the molecule is O=S(=O)(Nc1ccc2c(c1)C(O)CCC2)c1cccc(Cl)c1Cl. The van der Waals surface area contributed by atoms with E-state index in [1.807, 2.05) is 6.07 Å². The molecule has 1 aliphatic rings. The second kappa shape index (κ2) is 6.32. The fraction of sp³-hybridized carbons (Fsp3) is 0.250. The van der Waals surface area contributed by atoms with E-state index in [0.29, 0.717) is 12.1 Å². The maximum absolute atomic E-state index is 12.5. The third kappa shape index (κ3) is 3.33. The van der Waals surface area contributed by atoms with Crippen molar-refractivity contribution in [2.24, 2.45) is 0 Å². The summed E-state index contributed by atoms with van der Waals surface area (Å²) >= 11 is 11.9. The highest BCUT2D eigenvalue weighted by molar-refractivity contribution is 7.92. The number of anilines is 1. The van der Waals surface area contributed by atoms with Gasteiger partial charge in [0.1, 0.15) is 4.90 Å². The topological polar surface area (TPSA) is 66.4 Å². The first-order valence-corrected chi connectivity index (χ1v) is 9.40. The minimum Gasteiger partial charge on any atom is -0.388 e. The van der Waals surface area contributed by atoms with Crippen LogP contribution in [0.5, 0.6) is 0 Å². The van der Waals surface area contributed by atoms with Gasteiger partial charge < -0.3 is 5.11 Å². The Hall–Kier alpha value is -1.27. The smallest absolute Gasteiger partial charge is 0.263 e. The molecule has 23 heavy (non-hydrogen) atoms. The first-order chi connectivity index (χ1) is 10.9. The Morgan fingerprint density at radius 2 is 1.96 bits per heavy atom. The summed E-state index contributed by atoms with van der Waals surface area (Å²) in [6, 6.07) is 9.65. The van der Waals surface area contributed by atoms with Gasteiger partial charge in [0, 0.05) is 5.69 Å². The number of benzene rings is 2. The van der Waals surface area contributed by atoms with E-state index in [4.69, 9.17) is 23.2 Å². The molecule has 0 amide bonds. The fourth-order valence-electron chi connectivity index (χ4n) is 2.74. The molecular weight excluding hydrogens is 357 g/mol. The van der Waals surface area contributed by atoms with E-state index < -0.39 is 16.1 Å². The molecular formula is C16H15Cl2NO3S. The first-order valence-electron chi connectivity index (χ1n) is 7.16. The van der Waals surface area contributed by atoms with Gasteiger partial charge in [-0.3, -0.25) is 4.72 Å². The van der Waals surface area contributed by atoms with Crippen molar-refractivity contribution < 1.29 is 13.5 Å². The molecule has 122 valence electrons. The predicted molar refractivity (Wildman–Crippen MR) is 91.6 cm³/mol. The van der Waals surface area contributed by atoms with Crippen LogP contribution in [0, 0.1) is 0 Å². The van der Waals surface area contributed by atoms with Crippen molar-refractivity contribution in [2.75, 3.05) is 4.72 Å². The minimum atomic E-state index is -3.86. The van der Waals surface area contributed by atoms with E-state index in [1.165, 1.54) is 18.2 Å². The molecule has 0 aromatic heterocycles. The lowest BCUT2D eigenvalue weighted by atomic mass is 9.89. The number of sulfonamides is 1. The highest BCUT2D eigenvalue weighted by atomic mass is 35.5. The van der Waals surface area contributed by atoms with Crippen LogP contribution >= 0.6 is 23.2 Å². The molecule has 3 rings (SSSR count). The van der Waals surface area contributed by atoms with Crippen LogP contribution < -0.4 is 4.72 Å². The van der Waals surface area contributed by atoms with Crippen molar-refractivity contribution in [3.63, 3.8) is 0 Å². The van der Waals surface area contributed by atoms with E-state index >= 15 is 0 Å². The van der Waals surface area contributed by atoms with Crippen LogP contribution in [-0.4, -0.2) is 13.5 Å². The van der Waals surface area contributed by atoms with Crippen molar-refractivity contribution in [2.45, 2.75) is 30.3 Å². The lowest BCUT2D eigenvalue weighted by Gasteiger charge is -2.22. The summed E-state index contributed by atoms with van der Waals surface area (Å²) in [7, 11) is -3.86. The molecule has 0 saturated heterocycles. The van der Waals surface area contributed by atoms with Crippen molar-refractivity contribution in [1.82, 2.24) is 0 Å². The van der Waals surface area contributed by atoms with Crippen LogP contribution in [0.25, 0.3) is 0 Å². The van der Waals surface area contributed by atoms with Crippen molar-refractivity contribution in [1.29, 1.82) is 0 Å². The van der Waals surface area contributed by atoms with Gasteiger partial charge in [-0.05, 0) is 54.7 Å². The maximum atomic E-state index is 12.5. The first kappa shape index (κ1) is 16.6. The summed E-state index contributed by atoms with van der Waals surface area (Å²) in [5.74, 6) is 0. The molecule has 0 fully saturated rings. The molecule has 4 nitrogen and oxygen atoms in total. The molecule has 0 radical (unpaired) electrons. The highest BCUT2D eigenvalue weighted by Crippen LogP contribution is 2.33. The molecule has 2 aromatic rings. The van der Waals surface area contributed by atoms with Crippen LogP contribution in [-0.2, 0) is 16.4 Å². The van der Waals surface area contributed by atoms with Gasteiger partial charge in [-0.15, -0.1) is 0 Å². The summed E-state index contributed by atoms with van der Waals surface area (Å²) in [4.78, 5) is -0.0788. The van der Waals surface area contributed by atoms with E-state index in [1.54, 1.807) is 12.1 Å². The minimum absolute atomic E-state index is 0.0142. The van der Waals surface area contributed by atoms with Gasteiger partial charge in [-0.25, -0.2) is 8.42 Å². The second-order valence-electron chi connectivity index (χ2n) is 5.48. The predicted octanol–water partition coefficient (Wildman–Crippen LogP) is 4.16. The van der Waals surface area contributed by atoms with Crippen LogP contribution in [0.4, 0.5) is 5.69 Å². The summed E-state index contributed by atoms with van der Waals surface area (Å²) in [6.07, 6.45) is 1.94. The lowest BCUT2D eigenvalue weighted by Crippen LogP contribution is -2.15. The molecule has 0 aliphatic heterocycles. The molecule has 0 bridgehead atoms. The Labute approximate surface area is 145 Å². The zero-order valence-electron chi connectivity index (χ0n) is 12.1. The van der Waals surface area contributed by atoms with Gasteiger partial charge in [0.15, 0.2) is 0 Å². The van der Waals surface area contributed by atoms with E-state index in [2.05, 4.69) is 4.72 Å². The van der Waals surface area contributed by atoms with Crippen molar-refractivity contribution >= 4 is 38.9 Å². The molecule has 1 aliphatic carbocycles. The third-order valence-electron chi connectivity index (χ3n) is 3.89. The number of fused-ring (bicyclic) bond motifs is 1. The molecule has 7 heteroatoms. The summed E-state index contributed by atoms with van der Waals surface area (Å²) in [5.41, 5.74) is 2.21. The van der Waals surface area contributed by atoms with Gasteiger partial charge >= 0.3 is 0 Å². The standard InChI is InChI=1S/C16H15Cl2NO3S/c17-13-4-2-6-15(16(13)18)23(21,22)19-11-8-7-10-3-1-5-14(20)12(10)9-11/h2,4,6-9,14,19-20H,1,3,5H2. The molecule has 0 heterocycles. The molecule has 1 unspecified atom stereocenters. The average Bonchev–Trinajstić information content (AvgIpc) is 2.50. The molecule has 1 atom stereocenters. The Balaban J connectivity index is 1.95. The van der Waals surface area contributed by atoms with Crippen LogP contribution in [0.2, 0.25) is 10.0 Å². The molecule has 2 aromatic carbocycles. The Kier molecular flexibility index (Phi) is 4.56. The zero-order valence-corrected chi connectivity index (χ0v) is 14.4. The number of aliphatic hydroxyl groups is 1. The fourth-order valence-corrected chi connectivity index (χ4v) is 4.55. The number of hydrogen-bond acceptors (Lipinski definition) is 3. The maximum Gasteiger partial charge on any atom is 0.263 e. The van der Waals surface area contributed by atoms with Crippen LogP contribution in [0.1, 0.15) is 30.1 Å². The number of hydrogen-bond donors (Lipinski definition) is 2. The van der Waals surface area contributed by atoms with Gasteiger partial charge in [0.05, 0.1) is 16.1 Å². The van der Waals surface area contributed by atoms with Gasteiger partial charge in [-0.2, -0.15) is 0 Å². The Morgan fingerprint density at radius 1 is 1.17 bits per heavy atom. The molecule has 0 saturated carbocycles.